The van der Waals surface area contributed by atoms with Crippen LogP contribution in [0.1, 0.15) is 22.6 Å². The van der Waals surface area contributed by atoms with Crippen LogP contribution >= 0.6 is 0 Å². The maximum atomic E-state index is 12.2. The van der Waals surface area contributed by atoms with E-state index < -0.39 is 0 Å². The number of hydrogen-bond acceptors (Lipinski definition) is 4. The molecule has 140 valence electrons. The Morgan fingerprint density at radius 1 is 1.11 bits per heavy atom. The molecule has 0 unspecified atom stereocenters. The van der Waals surface area contributed by atoms with Gasteiger partial charge in [0.25, 0.3) is 0 Å². The number of hydrogen-bond donors (Lipinski definition) is 1. The van der Waals surface area contributed by atoms with Crippen molar-refractivity contribution in [3.8, 4) is 5.75 Å². The molecular formula is C21H23N3O3. The molecule has 0 aliphatic carbocycles. The topological polar surface area (TPSA) is 67.6 Å². The lowest BCUT2D eigenvalue weighted by Crippen LogP contribution is -2.36. The minimum atomic E-state index is -0.167. The van der Waals surface area contributed by atoms with E-state index in [-0.39, 0.29) is 6.03 Å². The Hall–Kier alpha value is -3.28. The number of benzene rings is 2. The van der Waals surface area contributed by atoms with Gasteiger partial charge < -0.3 is 19.5 Å². The maximum Gasteiger partial charge on any atom is 0.317 e. The van der Waals surface area contributed by atoms with E-state index in [4.69, 9.17) is 9.26 Å². The molecular weight excluding hydrogens is 342 g/mol. The molecule has 1 heterocycles. The molecule has 0 bridgehead atoms. The second-order valence-electron chi connectivity index (χ2n) is 6.36. The first kappa shape index (κ1) is 18.5. The summed E-state index contributed by atoms with van der Waals surface area (Å²) in [4.78, 5) is 13.7. The molecule has 3 aromatic rings. The highest BCUT2D eigenvalue weighted by atomic mass is 16.5. The van der Waals surface area contributed by atoms with Crippen molar-refractivity contribution in [2.75, 3.05) is 7.05 Å². The molecule has 0 aliphatic rings. The Morgan fingerprint density at radius 2 is 1.85 bits per heavy atom. The number of nitrogens with zero attached hydrogens (tertiary/aromatic N) is 2. The van der Waals surface area contributed by atoms with E-state index in [1.54, 1.807) is 11.9 Å². The lowest BCUT2D eigenvalue weighted by atomic mass is 10.2. The van der Waals surface area contributed by atoms with Gasteiger partial charge >= 0.3 is 6.03 Å². The summed E-state index contributed by atoms with van der Waals surface area (Å²) >= 11 is 0. The van der Waals surface area contributed by atoms with Gasteiger partial charge in [-0.3, -0.25) is 0 Å². The summed E-state index contributed by atoms with van der Waals surface area (Å²) in [5.41, 5.74) is 2.85. The Morgan fingerprint density at radius 3 is 2.52 bits per heavy atom. The van der Waals surface area contributed by atoms with Gasteiger partial charge in [0.1, 0.15) is 23.8 Å². The van der Waals surface area contributed by atoms with Crippen LogP contribution in [0.2, 0.25) is 0 Å². The molecule has 27 heavy (non-hydrogen) atoms. The minimum absolute atomic E-state index is 0.167. The first-order valence-electron chi connectivity index (χ1n) is 8.77. The smallest absolute Gasteiger partial charge is 0.317 e. The highest BCUT2D eigenvalue weighted by molar-refractivity contribution is 5.73. The van der Waals surface area contributed by atoms with Crippen LogP contribution in [-0.2, 0) is 19.7 Å². The first-order valence-corrected chi connectivity index (χ1v) is 8.77. The van der Waals surface area contributed by atoms with E-state index in [0.717, 1.165) is 28.3 Å². The van der Waals surface area contributed by atoms with Crippen molar-refractivity contribution in [2.24, 2.45) is 0 Å². The molecule has 6 nitrogen and oxygen atoms in total. The van der Waals surface area contributed by atoms with Gasteiger partial charge in [-0.1, -0.05) is 47.6 Å². The fourth-order valence-electron chi connectivity index (χ4n) is 2.56. The summed E-state index contributed by atoms with van der Waals surface area (Å²) < 4.78 is 10.8. The number of nitrogens with one attached hydrogen (secondary N) is 1. The third-order valence-corrected chi connectivity index (χ3v) is 4.04. The normalized spacial score (nSPS) is 10.4. The summed E-state index contributed by atoms with van der Waals surface area (Å²) in [6.45, 7) is 3.20. The van der Waals surface area contributed by atoms with Crippen molar-refractivity contribution in [2.45, 2.75) is 26.6 Å². The van der Waals surface area contributed by atoms with Crippen molar-refractivity contribution in [1.29, 1.82) is 0 Å². The highest BCUT2D eigenvalue weighted by Crippen LogP contribution is 2.14. The molecule has 0 aliphatic heterocycles. The molecule has 0 radical (unpaired) electrons. The van der Waals surface area contributed by atoms with Gasteiger partial charge in [-0.2, -0.15) is 0 Å². The second-order valence-corrected chi connectivity index (χ2v) is 6.36. The van der Waals surface area contributed by atoms with Crippen LogP contribution in [0.5, 0.6) is 5.75 Å². The molecule has 1 aromatic heterocycles. The largest absolute Gasteiger partial charge is 0.489 e. The van der Waals surface area contributed by atoms with E-state index in [0.29, 0.717) is 19.7 Å². The average molecular weight is 365 g/mol. The monoisotopic (exact) mass is 365 g/mol. The summed E-state index contributed by atoms with van der Waals surface area (Å²) in [6.07, 6.45) is 0. The van der Waals surface area contributed by atoms with Gasteiger partial charge in [-0.15, -0.1) is 0 Å². The summed E-state index contributed by atoms with van der Waals surface area (Å²) in [5, 5.41) is 6.79. The lowest BCUT2D eigenvalue weighted by Gasteiger charge is -2.16. The van der Waals surface area contributed by atoms with Crippen LogP contribution in [0.3, 0.4) is 0 Å². The van der Waals surface area contributed by atoms with Crippen LogP contribution in [-0.4, -0.2) is 23.1 Å². The predicted molar refractivity (Wildman–Crippen MR) is 102 cm³/mol. The molecule has 0 fully saturated rings. The van der Waals surface area contributed by atoms with Gasteiger partial charge in [-0.25, -0.2) is 4.79 Å². The predicted octanol–water partition coefficient (Wildman–Crippen LogP) is 3.90. The lowest BCUT2D eigenvalue weighted by molar-refractivity contribution is 0.205. The number of carbonyl (C=O) groups is 1. The molecule has 3 rings (SSSR count). The van der Waals surface area contributed by atoms with Crippen LogP contribution in [0, 0.1) is 6.92 Å². The zero-order valence-electron chi connectivity index (χ0n) is 15.5. The number of aromatic nitrogens is 1. The van der Waals surface area contributed by atoms with E-state index in [9.17, 15) is 4.79 Å². The molecule has 6 heteroatoms. The van der Waals surface area contributed by atoms with Crippen molar-refractivity contribution in [3.05, 3.63) is 83.2 Å². The van der Waals surface area contributed by atoms with E-state index in [1.807, 2.05) is 67.6 Å². The van der Waals surface area contributed by atoms with Crippen LogP contribution in [0.15, 0.2) is 65.2 Å². The number of aryl methyl sites for hydroxylation is 1. The second kappa shape index (κ2) is 8.89. The van der Waals surface area contributed by atoms with Crippen LogP contribution in [0.25, 0.3) is 0 Å². The SMILES string of the molecule is Cc1cc(CN(C)C(=O)NCc2ccc(OCc3ccccc3)cc2)no1. The van der Waals surface area contributed by atoms with Gasteiger partial charge in [-0.05, 0) is 30.2 Å². The first-order chi connectivity index (χ1) is 13.1. The molecule has 1 N–H and O–H groups in total. The maximum absolute atomic E-state index is 12.2. The number of rotatable bonds is 7. The van der Waals surface area contributed by atoms with E-state index >= 15 is 0 Å². The summed E-state index contributed by atoms with van der Waals surface area (Å²) in [6, 6.07) is 19.4. The number of ether oxygens (including phenoxy) is 1. The third kappa shape index (κ3) is 5.60. The summed E-state index contributed by atoms with van der Waals surface area (Å²) in [5.74, 6) is 1.53. The molecule has 0 saturated heterocycles. The third-order valence-electron chi connectivity index (χ3n) is 4.04. The number of carbonyl (C=O) groups excluding carboxylic acids is 1. The molecule has 0 spiro atoms. The van der Waals surface area contributed by atoms with Crippen LogP contribution < -0.4 is 10.1 Å². The Bertz CT molecular complexity index is 860. The van der Waals surface area contributed by atoms with Gasteiger partial charge in [0, 0.05) is 19.7 Å². The van der Waals surface area contributed by atoms with E-state index in [2.05, 4.69) is 10.5 Å². The highest BCUT2D eigenvalue weighted by Gasteiger charge is 2.11. The quantitative estimate of drug-likeness (QED) is 0.689. The van der Waals surface area contributed by atoms with E-state index in [1.165, 1.54) is 0 Å². The van der Waals surface area contributed by atoms with Gasteiger partial charge in [0.2, 0.25) is 0 Å². The van der Waals surface area contributed by atoms with Crippen molar-refractivity contribution in [3.63, 3.8) is 0 Å². The van der Waals surface area contributed by atoms with Crippen molar-refractivity contribution >= 4 is 6.03 Å². The standard InChI is InChI=1S/C21H23N3O3/c1-16-12-19(23-27-16)14-24(2)21(25)22-13-17-8-10-20(11-9-17)26-15-18-6-4-3-5-7-18/h3-12H,13-15H2,1-2H3,(H,22,25). The Balaban J connectivity index is 1.44. The van der Waals surface area contributed by atoms with Crippen LogP contribution in [0.4, 0.5) is 4.79 Å². The minimum Gasteiger partial charge on any atom is -0.489 e. The van der Waals surface area contributed by atoms with Gasteiger partial charge in [0.05, 0.1) is 6.54 Å². The fraction of sp³-hybridized carbons (Fsp3) is 0.238. The Kier molecular flexibility index (Phi) is 6.10. The van der Waals surface area contributed by atoms with Crippen molar-refractivity contribution < 1.29 is 14.1 Å². The summed E-state index contributed by atoms with van der Waals surface area (Å²) in [7, 11) is 1.72. The molecule has 0 atom stereocenters. The average Bonchev–Trinajstić information content (AvgIpc) is 3.10. The Labute approximate surface area is 158 Å². The van der Waals surface area contributed by atoms with Gasteiger partial charge in [0.15, 0.2) is 0 Å². The molecule has 0 saturated carbocycles. The zero-order chi connectivity index (χ0) is 19.1. The number of urea groups is 1. The zero-order valence-corrected chi connectivity index (χ0v) is 15.5. The molecule has 2 aromatic carbocycles. The fourth-order valence-corrected chi connectivity index (χ4v) is 2.56. The molecule has 2 amide bonds. The number of amides is 2. The van der Waals surface area contributed by atoms with Crippen molar-refractivity contribution in [1.82, 2.24) is 15.4 Å².